The van der Waals surface area contributed by atoms with Crippen LogP contribution >= 0.6 is 12.2 Å². The quantitative estimate of drug-likeness (QED) is 0.521. The van der Waals surface area contributed by atoms with E-state index in [-0.39, 0.29) is 18.2 Å². The molecule has 34 heavy (non-hydrogen) atoms. The molecule has 2 fully saturated rings. The Labute approximate surface area is 207 Å². The molecule has 0 spiro atoms. The lowest BCUT2D eigenvalue weighted by molar-refractivity contribution is 0.0842. The van der Waals surface area contributed by atoms with E-state index >= 15 is 0 Å². The van der Waals surface area contributed by atoms with Crippen LogP contribution in [-0.2, 0) is 4.74 Å². The highest BCUT2D eigenvalue weighted by Crippen LogP contribution is 2.42. The Kier molecular flexibility index (Phi) is 6.32. The van der Waals surface area contributed by atoms with Gasteiger partial charge in [-0.1, -0.05) is 6.07 Å². The van der Waals surface area contributed by atoms with Gasteiger partial charge in [0.2, 0.25) is 0 Å². The van der Waals surface area contributed by atoms with Crippen LogP contribution in [0.2, 0.25) is 0 Å². The third kappa shape index (κ3) is 4.18. The fraction of sp³-hybridized carbons (Fsp3) is 0.407. The van der Waals surface area contributed by atoms with Crippen LogP contribution in [0.3, 0.4) is 0 Å². The number of ether oxygens (including phenoxy) is 1. The zero-order valence-electron chi connectivity index (χ0n) is 20.4. The van der Waals surface area contributed by atoms with Crippen LogP contribution < -0.4 is 10.2 Å². The number of hydrogen-bond acceptors (Lipinski definition) is 4. The van der Waals surface area contributed by atoms with E-state index in [0.717, 1.165) is 36.8 Å². The Bertz CT molecular complexity index is 1150. The molecule has 178 valence electrons. The van der Waals surface area contributed by atoms with E-state index in [4.69, 9.17) is 17.0 Å². The monoisotopic (exact) mass is 475 g/mol. The molecule has 2 aliphatic heterocycles. The minimum absolute atomic E-state index is 0.0137. The summed E-state index contributed by atoms with van der Waals surface area (Å²) in [5.41, 5.74) is 7.07. The molecule has 4 heterocycles. The summed E-state index contributed by atoms with van der Waals surface area (Å²) < 4.78 is 8.34. The molecule has 2 saturated heterocycles. The topological polar surface area (TPSA) is 45.6 Å². The lowest BCUT2D eigenvalue weighted by Gasteiger charge is -2.30. The van der Waals surface area contributed by atoms with Gasteiger partial charge in [0.15, 0.2) is 5.11 Å². The molecule has 1 aromatic carbocycles. The Hall–Kier alpha value is -2.90. The van der Waals surface area contributed by atoms with Gasteiger partial charge in [-0.05, 0) is 86.9 Å². The maximum Gasteiger partial charge on any atom is 0.170 e. The van der Waals surface area contributed by atoms with Gasteiger partial charge in [-0.3, -0.25) is 4.98 Å². The van der Waals surface area contributed by atoms with Crippen molar-refractivity contribution in [2.24, 2.45) is 0 Å². The molecule has 6 nitrogen and oxygen atoms in total. The summed E-state index contributed by atoms with van der Waals surface area (Å²) in [4.78, 5) is 9.14. The van der Waals surface area contributed by atoms with Gasteiger partial charge >= 0.3 is 0 Å². The predicted molar refractivity (Wildman–Crippen MR) is 141 cm³/mol. The number of aromatic nitrogens is 2. The number of pyridine rings is 1. The van der Waals surface area contributed by atoms with Crippen molar-refractivity contribution in [1.29, 1.82) is 0 Å². The van der Waals surface area contributed by atoms with Gasteiger partial charge in [-0.15, -0.1) is 0 Å². The summed E-state index contributed by atoms with van der Waals surface area (Å²) in [6, 6.07) is 17.2. The summed E-state index contributed by atoms with van der Waals surface area (Å²) in [6.07, 6.45) is 4.27. The molecule has 0 saturated carbocycles. The average molecular weight is 476 g/mol. The fourth-order valence-electron chi connectivity index (χ4n) is 5.33. The summed E-state index contributed by atoms with van der Waals surface area (Å²) in [5.74, 6) is 0. The zero-order valence-corrected chi connectivity index (χ0v) is 21.2. The Morgan fingerprint density at radius 3 is 2.59 bits per heavy atom. The Morgan fingerprint density at radius 2 is 1.94 bits per heavy atom. The number of thiocarbonyl (C=S) groups is 1. The molecule has 0 radical (unpaired) electrons. The first-order valence-corrected chi connectivity index (χ1v) is 12.4. The van der Waals surface area contributed by atoms with Gasteiger partial charge in [0.25, 0.3) is 0 Å². The molecule has 0 amide bonds. The maximum absolute atomic E-state index is 5.99. The minimum atomic E-state index is -0.0137. The fourth-order valence-corrected chi connectivity index (χ4v) is 5.65. The Morgan fingerprint density at radius 1 is 1.15 bits per heavy atom. The van der Waals surface area contributed by atoms with E-state index < -0.39 is 0 Å². The van der Waals surface area contributed by atoms with Gasteiger partial charge in [-0.2, -0.15) is 0 Å². The summed E-state index contributed by atoms with van der Waals surface area (Å²) in [6.45, 7) is 6.02. The van der Waals surface area contributed by atoms with Crippen molar-refractivity contribution >= 4 is 23.0 Å². The van der Waals surface area contributed by atoms with Gasteiger partial charge in [0.1, 0.15) is 0 Å². The van der Waals surface area contributed by atoms with E-state index in [1.54, 1.807) is 0 Å². The molecule has 3 atom stereocenters. The van der Waals surface area contributed by atoms with Crippen molar-refractivity contribution in [1.82, 2.24) is 19.8 Å². The molecule has 2 aromatic heterocycles. The van der Waals surface area contributed by atoms with Crippen molar-refractivity contribution in [3.8, 4) is 5.69 Å². The van der Waals surface area contributed by atoms with Crippen LogP contribution in [0.1, 0.15) is 47.6 Å². The number of benzene rings is 1. The highest BCUT2D eigenvalue weighted by Gasteiger charge is 2.42. The maximum atomic E-state index is 5.99. The second-order valence-corrected chi connectivity index (χ2v) is 9.87. The normalized spacial score (nSPS) is 22.3. The van der Waals surface area contributed by atoms with E-state index in [1.807, 2.05) is 18.3 Å². The van der Waals surface area contributed by atoms with Crippen molar-refractivity contribution in [2.75, 3.05) is 32.1 Å². The van der Waals surface area contributed by atoms with Crippen molar-refractivity contribution in [2.45, 2.75) is 44.9 Å². The number of nitrogens with zero attached hydrogens (tertiary/aromatic N) is 4. The van der Waals surface area contributed by atoms with Crippen LogP contribution in [0.25, 0.3) is 5.69 Å². The third-order valence-electron chi connectivity index (χ3n) is 7.04. The molecule has 3 aromatic rings. The van der Waals surface area contributed by atoms with Crippen molar-refractivity contribution < 1.29 is 4.74 Å². The first kappa shape index (κ1) is 22.9. The van der Waals surface area contributed by atoms with Gasteiger partial charge in [0, 0.05) is 56.2 Å². The molecule has 0 bridgehead atoms. The highest BCUT2D eigenvalue weighted by molar-refractivity contribution is 7.80. The summed E-state index contributed by atoms with van der Waals surface area (Å²) in [5, 5.41) is 4.36. The SMILES string of the molecule is Cc1cc([C@@H]2[C@@H](c3ccccn3)NC(=S)N2C[C@H]2CCCO2)c(C)n1-c1ccc(N(C)C)cc1. The number of anilines is 1. The molecule has 2 aliphatic rings. The van der Waals surface area contributed by atoms with Crippen molar-refractivity contribution in [3.63, 3.8) is 0 Å². The van der Waals surface area contributed by atoms with Crippen molar-refractivity contribution in [3.05, 3.63) is 77.4 Å². The first-order valence-electron chi connectivity index (χ1n) is 12.0. The molecule has 5 rings (SSSR count). The van der Waals surface area contributed by atoms with Crippen LogP contribution in [0.15, 0.2) is 54.7 Å². The smallest absolute Gasteiger partial charge is 0.170 e. The van der Waals surface area contributed by atoms with Gasteiger partial charge in [-0.25, -0.2) is 0 Å². The summed E-state index contributed by atoms with van der Waals surface area (Å²) in [7, 11) is 4.13. The first-order chi connectivity index (χ1) is 16.4. The highest BCUT2D eigenvalue weighted by atomic mass is 32.1. The number of hydrogen-bond donors (Lipinski definition) is 1. The largest absolute Gasteiger partial charge is 0.378 e. The van der Waals surface area contributed by atoms with E-state index in [1.165, 1.54) is 28.3 Å². The van der Waals surface area contributed by atoms with Crippen LogP contribution in [-0.4, -0.2) is 52.9 Å². The number of nitrogens with one attached hydrogen (secondary N) is 1. The number of aryl methyl sites for hydroxylation is 1. The predicted octanol–water partition coefficient (Wildman–Crippen LogP) is 4.71. The molecular weight excluding hydrogens is 442 g/mol. The second kappa shape index (κ2) is 9.39. The van der Waals surface area contributed by atoms with Gasteiger partial charge in [0.05, 0.1) is 23.9 Å². The molecule has 1 N–H and O–H groups in total. The lowest BCUT2D eigenvalue weighted by atomic mass is 9.96. The van der Waals surface area contributed by atoms with Crippen LogP contribution in [0.5, 0.6) is 0 Å². The molecule has 7 heteroatoms. The molecule has 0 unspecified atom stereocenters. The number of rotatable bonds is 6. The Balaban J connectivity index is 1.56. The van der Waals surface area contributed by atoms with Crippen LogP contribution in [0.4, 0.5) is 5.69 Å². The molecule has 0 aliphatic carbocycles. The van der Waals surface area contributed by atoms with Crippen LogP contribution in [0, 0.1) is 13.8 Å². The lowest BCUT2D eigenvalue weighted by Crippen LogP contribution is -2.36. The van der Waals surface area contributed by atoms with E-state index in [9.17, 15) is 0 Å². The third-order valence-corrected chi connectivity index (χ3v) is 7.39. The standard InChI is InChI=1S/C27H33N5OS/c1-18-16-23(19(2)32(18)21-12-10-20(11-13-21)30(3)4)26-25(24-9-5-6-14-28-24)29-27(34)31(26)17-22-8-7-15-33-22/h5-6,9-14,16,22,25-26H,7-8,15,17H2,1-4H3,(H,29,34)/t22-,25-,26-/m1/s1. The zero-order chi connectivity index (χ0) is 23.8. The van der Waals surface area contributed by atoms with Gasteiger partial charge < -0.3 is 24.4 Å². The summed E-state index contributed by atoms with van der Waals surface area (Å²) >= 11 is 5.86. The average Bonchev–Trinajstić information content (AvgIpc) is 3.54. The van der Waals surface area contributed by atoms with E-state index in [0.29, 0.717) is 0 Å². The van der Waals surface area contributed by atoms with E-state index in [2.05, 4.69) is 89.0 Å². The minimum Gasteiger partial charge on any atom is -0.378 e. The molecular formula is C27H33N5OS. The second-order valence-electron chi connectivity index (χ2n) is 9.49.